The molecule has 3 aliphatic rings. The van der Waals surface area contributed by atoms with Crippen LogP contribution >= 0.6 is 0 Å². The molecule has 0 bridgehead atoms. The van der Waals surface area contributed by atoms with Gasteiger partial charge >= 0.3 is 0 Å². The summed E-state index contributed by atoms with van der Waals surface area (Å²) in [6.07, 6.45) is 5.76. The number of hydrogen-bond donors (Lipinski definition) is 1. The first kappa shape index (κ1) is 19.2. The van der Waals surface area contributed by atoms with Gasteiger partial charge in [-0.3, -0.25) is 9.59 Å². The molecule has 2 fully saturated rings. The summed E-state index contributed by atoms with van der Waals surface area (Å²) in [6, 6.07) is 16.0. The Hall–Kier alpha value is -2.82. The number of fused-ring (bicyclic) bond motifs is 1. The smallest absolute Gasteiger partial charge is 0.251 e. The number of likely N-dealkylation sites (tertiary alicyclic amines) is 1. The summed E-state index contributed by atoms with van der Waals surface area (Å²) >= 11 is 0. The number of ether oxygens (including phenoxy) is 1. The number of nitrogens with one attached hydrogen (secondary N) is 1. The van der Waals surface area contributed by atoms with Crippen molar-refractivity contribution >= 4 is 11.8 Å². The van der Waals surface area contributed by atoms with Gasteiger partial charge in [-0.05, 0) is 61.1 Å². The van der Waals surface area contributed by atoms with Crippen LogP contribution in [0.4, 0.5) is 0 Å². The van der Waals surface area contributed by atoms with Crippen LogP contribution in [0.2, 0.25) is 0 Å². The van der Waals surface area contributed by atoms with Gasteiger partial charge in [0.2, 0.25) is 5.91 Å². The fourth-order valence-electron chi connectivity index (χ4n) is 4.59. The normalized spacial score (nSPS) is 19.4. The van der Waals surface area contributed by atoms with Crippen LogP contribution in [-0.2, 0) is 17.6 Å². The highest BCUT2D eigenvalue weighted by atomic mass is 16.5. The van der Waals surface area contributed by atoms with Crippen molar-refractivity contribution in [1.82, 2.24) is 10.2 Å². The molecule has 1 aliphatic heterocycles. The minimum absolute atomic E-state index is 0.0359. The number of amides is 2. The summed E-state index contributed by atoms with van der Waals surface area (Å²) in [5.74, 6) is 1.37. The Bertz CT molecular complexity index is 903. The van der Waals surface area contributed by atoms with Gasteiger partial charge < -0.3 is 15.0 Å². The van der Waals surface area contributed by atoms with Crippen molar-refractivity contribution < 1.29 is 14.3 Å². The summed E-state index contributed by atoms with van der Waals surface area (Å²) in [5.41, 5.74) is 3.32. The third-order valence-corrected chi connectivity index (χ3v) is 6.49. The van der Waals surface area contributed by atoms with Gasteiger partial charge in [-0.1, -0.05) is 24.3 Å². The molecule has 5 nitrogen and oxygen atoms in total. The Balaban J connectivity index is 1.11. The lowest BCUT2D eigenvalue weighted by atomic mass is 10.1. The zero-order valence-electron chi connectivity index (χ0n) is 17.2. The molecule has 0 atom stereocenters. The summed E-state index contributed by atoms with van der Waals surface area (Å²) < 4.78 is 6.10. The predicted molar refractivity (Wildman–Crippen MR) is 115 cm³/mol. The molecular weight excluding hydrogens is 376 g/mol. The Morgan fingerprint density at radius 1 is 0.867 bits per heavy atom. The standard InChI is InChI=1S/C25H28N2O3/c28-24(26-21-15-19-3-1-2-4-20(19)16-21)17-7-9-22(10-8-17)30-23-11-13-27(14-12-23)25(29)18-5-6-18/h1-4,7-10,18,21,23H,5-6,11-16H2,(H,26,28). The SMILES string of the molecule is O=C(NC1Cc2ccccc2C1)c1ccc(OC2CCN(C(=O)C3CC3)CC2)cc1. The number of carbonyl (C=O) groups is 2. The maximum absolute atomic E-state index is 12.6. The predicted octanol–water partition coefficient (Wildman–Crippen LogP) is 3.36. The van der Waals surface area contributed by atoms with Gasteiger partial charge in [0.25, 0.3) is 5.91 Å². The molecule has 5 heteroatoms. The summed E-state index contributed by atoms with van der Waals surface area (Å²) in [7, 11) is 0. The van der Waals surface area contributed by atoms with E-state index in [1.807, 2.05) is 29.2 Å². The second-order valence-electron chi connectivity index (χ2n) is 8.79. The molecule has 0 radical (unpaired) electrons. The molecule has 0 unspecified atom stereocenters. The van der Waals surface area contributed by atoms with Crippen molar-refractivity contribution in [1.29, 1.82) is 0 Å². The van der Waals surface area contributed by atoms with Gasteiger partial charge in [0.1, 0.15) is 11.9 Å². The summed E-state index contributed by atoms with van der Waals surface area (Å²) in [4.78, 5) is 26.8. The molecule has 1 N–H and O–H groups in total. The molecule has 0 spiro atoms. The largest absolute Gasteiger partial charge is 0.490 e. The first-order chi connectivity index (χ1) is 14.7. The molecular formula is C25H28N2O3. The number of nitrogens with zero attached hydrogens (tertiary/aromatic N) is 1. The van der Waals surface area contributed by atoms with Gasteiger partial charge in [0, 0.05) is 43.5 Å². The minimum Gasteiger partial charge on any atom is -0.490 e. The van der Waals surface area contributed by atoms with Crippen molar-refractivity contribution in [3.63, 3.8) is 0 Å². The second-order valence-corrected chi connectivity index (χ2v) is 8.79. The number of hydrogen-bond acceptors (Lipinski definition) is 3. The molecule has 5 rings (SSSR count). The number of benzene rings is 2. The first-order valence-corrected chi connectivity index (χ1v) is 11.1. The average Bonchev–Trinajstić information content (AvgIpc) is 3.54. The van der Waals surface area contributed by atoms with Crippen molar-refractivity contribution in [3.05, 3.63) is 65.2 Å². The van der Waals surface area contributed by atoms with Gasteiger partial charge in [-0.2, -0.15) is 0 Å². The molecule has 2 aromatic carbocycles. The molecule has 1 saturated heterocycles. The van der Waals surface area contributed by atoms with Crippen molar-refractivity contribution in [2.75, 3.05) is 13.1 Å². The summed E-state index contributed by atoms with van der Waals surface area (Å²) in [5, 5.41) is 3.16. The lowest BCUT2D eigenvalue weighted by Crippen LogP contribution is -2.42. The highest BCUT2D eigenvalue weighted by Crippen LogP contribution is 2.32. The number of carbonyl (C=O) groups excluding carboxylic acids is 2. The fourth-order valence-corrected chi connectivity index (χ4v) is 4.59. The van der Waals surface area contributed by atoms with Crippen molar-refractivity contribution in [3.8, 4) is 5.75 Å². The van der Waals surface area contributed by atoms with Gasteiger partial charge in [0.05, 0.1) is 0 Å². The Morgan fingerprint density at radius 2 is 1.50 bits per heavy atom. The summed E-state index contributed by atoms with van der Waals surface area (Å²) in [6.45, 7) is 1.56. The van der Waals surface area contributed by atoms with Crippen molar-refractivity contribution in [2.45, 2.75) is 50.7 Å². The molecule has 2 aliphatic carbocycles. The molecule has 1 heterocycles. The fraction of sp³-hybridized carbons (Fsp3) is 0.440. The Labute approximate surface area is 177 Å². The molecule has 1 saturated carbocycles. The first-order valence-electron chi connectivity index (χ1n) is 11.1. The Kier molecular flexibility index (Phi) is 5.19. The quantitative estimate of drug-likeness (QED) is 0.831. The van der Waals surface area contributed by atoms with E-state index >= 15 is 0 Å². The van der Waals surface area contributed by atoms with E-state index in [1.54, 1.807) is 0 Å². The van der Waals surface area contributed by atoms with Gasteiger partial charge in [-0.15, -0.1) is 0 Å². The zero-order chi connectivity index (χ0) is 20.5. The van der Waals surface area contributed by atoms with E-state index in [4.69, 9.17) is 4.74 Å². The van der Waals surface area contributed by atoms with E-state index < -0.39 is 0 Å². The number of rotatable bonds is 5. The van der Waals surface area contributed by atoms with Crippen LogP contribution in [0.3, 0.4) is 0 Å². The van der Waals surface area contributed by atoms with Crippen molar-refractivity contribution in [2.24, 2.45) is 5.92 Å². The molecule has 2 aromatic rings. The maximum atomic E-state index is 12.6. The monoisotopic (exact) mass is 404 g/mol. The second kappa shape index (κ2) is 8.13. The van der Waals surface area contributed by atoms with Crippen LogP contribution in [0.1, 0.15) is 47.2 Å². The van der Waals surface area contributed by atoms with E-state index in [0.29, 0.717) is 17.4 Å². The highest BCUT2D eigenvalue weighted by Gasteiger charge is 2.35. The molecule has 156 valence electrons. The maximum Gasteiger partial charge on any atom is 0.251 e. The average molecular weight is 405 g/mol. The van der Waals surface area contributed by atoms with E-state index in [1.165, 1.54) is 11.1 Å². The molecule has 30 heavy (non-hydrogen) atoms. The lowest BCUT2D eigenvalue weighted by molar-refractivity contribution is -0.134. The third-order valence-electron chi connectivity index (χ3n) is 6.49. The van der Waals surface area contributed by atoms with Crippen LogP contribution in [0.15, 0.2) is 48.5 Å². The van der Waals surface area contributed by atoms with E-state index in [0.717, 1.165) is 57.4 Å². The van der Waals surface area contributed by atoms with Gasteiger partial charge in [-0.25, -0.2) is 0 Å². The van der Waals surface area contributed by atoms with E-state index in [2.05, 4.69) is 29.6 Å². The zero-order valence-corrected chi connectivity index (χ0v) is 17.2. The minimum atomic E-state index is -0.0359. The topological polar surface area (TPSA) is 58.6 Å². The third kappa shape index (κ3) is 4.20. The van der Waals surface area contributed by atoms with E-state index in [-0.39, 0.29) is 18.1 Å². The lowest BCUT2D eigenvalue weighted by Gasteiger charge is -2.32. The van der Waals surface area contributed by atoms with Crippen LogP contribution in [0.5, 0.6) is 5.75 Å². The molecule has 0 aromatic heterocycles. The van der Waals surface area contributed by atoms with Crippen LogP contribution in [0.25, 0.3) is 0 Å². The highest BCUT2D eigenvalue weighted by molar-refractivity contribution is 5.94. The number of piperidine rings is 1. The van der Waals surface area contributed by atoms with Crippen LogP contribution in [-0.4, -0.2) is 41.9 Å². The molecule has 2 amide bonds. The van der Waals surface area contributed by atoms with E-state index in [9.17, 15) is 9.59 Å². The van der Waals surface area contributed by atoms with Crippen LogP contribution in [0, 0.1) is 5.92 Å². The Morgan fingerprint density at radius 3 is 2.10 bits per heavy atom. The van der Waals surface area contributed by atoms with Gasteiger partial charge in [0.15, 0.2) is 0 Å². The van der Waals surface area contributed by atoms with Crippen LogP contribution < -0.4 is 10.1 Å².